The average Bonchev–Trinajstić information content (AvgIpc) is 1.84. The van der Waals surface area contributed by atoms with Gasteiger partial charge in [-0.2, -0.15) is 0 Å². The Hall–Kier alpha value is -0.520. The first kappa shape index (κ1) is 8.58. The van der Waals surface area contributed by atoms with Crippen molar-refractivity contribution in [3.63, 3.8) is 0 Å². The summed E-state index contributed by atoms with van der Waals surface area (Å²) in [7, 11) is 0. The number of hydrogen-bond donors (Lipinski definition) is 0. The maximum Gasteiger partial charge on any atom is -0.0280 e. The van der Waals surface area contributed by atoms with Gasteiger partial charge >= 0.3 is 0 Å². The Morgan fingerprint density at radius 1 is 1.27 bits per heavy atom. The van der Waals surface area contributed by atoms with Gasteiger partial charge in [0.1, 0.15) is 0 Å². The van der Waals surface area contributed by atoms with Gasteiger partial charge in [0.15, 0.2) is 0 Å². The monoisotopic (exact) mass is 150 g/mol. The molecular formula is C11H18. The highest BCUT2D eigenvalue weighted by atomic mass is 14.1. The molecule has 0 saturated heterocycles. The Balaban J connectivity index is 2.52. The molecule has 0 heteroatoms. The molecule has 0 spiro atoms. The van der Waals surface area contributed by atoms with Gasteiger partial charge in [-0.25, -0.2) is 0 Å². The zero-order valence-corrected chi connectivity index (χ0v) is 7.53. The van der Waals surface area contributed by atoms with Crippen LogP contribution in [0, 0.1) is 0 Å². The van der Waals surface area contributed by atoms with Gasteiger partial charge in [0.2, 0.25) is 0 Å². The minimum absolute atomic E-state index is 1.26. The maximum atomic E-state index is 3.98. The second kappa shape index (κ2) is 4.38. The van der Waals surface area contributed by atoms with Crippen molar-refractivity contribution in [3.8, 4) is 0 Å². The van der Waals surface area contributed by atoms with E-state index in [4.69, 9.17) is 0 Å². The molecule has 0 aromatic heterocycles. The molecule has 0 atom stereocenters. The smallest absolute Gasteiger partial charge is 0.0280 e. The predicted molar refractivity (Wildman–Crippen MR) is 50.6 cm³/mol. The van der Waals surface area contributed by atoms with E-state index in [9.17, 15) is 0 Å². The molecule has 0 unspecified atom stereocenters. The van der Waals surface area contributed by atoms with Crippen LogP contribution in [0.1, 0.15) is 45.4 Å². The number of allylic oxidation sites excluding steroid dienone is 3. The van der Waals surface area contributed by atoms with Crippen LogP contribution in [0.2, 0.25) is 0 Å². The van der Waals surface area contributed by atoms with Crippen molar-refractivity contribution in [2.45, 2.75) is 45.4 Å². The van der Waals surface area contributed by atoms with Gasteiger partial charge in [-0.05, 0) is 38.2 Å². The first-order valence-corrected chi connectivity index (χ1v) is 4.65. The average molecular weight is 150 g/mol. The summed E-state index contributed by atoms with van der Waals surface area (Å²) in [6.45, 7) is 6.10. The lowest BCUT2D eigenvalue weighted by molar-refractivity contribution is 0.627. The summed E-state index contributed by atoms with van der Waals surface area (Å²) in [6.07, 6.45) is 10.5. The van der Waals surface area contributed by atoms with Crippen LogP contribution in [0.4, 0.5) is 0 Å². The molecule has 0 aromatic rings. The topological polar surface area (TPSA) is 0 Å². The fraction of sp³-hybridized carbons (Fsp3) is 0.636. The van der Waals surface area contributed by atoms with Crippen LogP contribution in [0.5, 0.6) is 0 Å². The van der Waals surface area contributed by atoms with E-state index in [-0.39, 0.29) is 0 Å². The summed E-state index contributed by atoms with van der Waals surface area (Å²) in [4.78, 5) is 0. The molecule has 0 nitrogen and oxygen atoms in total. The molecule has 0 fully saturated rings. The largest absolute Gasteiger partial charge is 0.0958 e. The SMILES string of the molecule is C=C(C)/C1=C/CCCCCC1. The normalized spacial score (nSPS) is 24.6. The summed E-state index contributed by atoms with van der Waals surface area (Å²) in [5.41, 5.74) is 2.77. The minimum atomic E-state index is 1.26. The van der Waals surface area contributed by atoms with Crippen molar-refractivity contribution in [2.75, 3.05) is 0 Å². The zero-order valence-electron chi connectivity index (χ0n) is 7.53. The fourth-order valence-corrected chi connectivity index (χ4v) is 1.58. The van der Waals surface area contributed by atoms with E-state index >= 15 is 0 Å². The molecule has 0 heterocycles. The molecule has 11 heavy (non-hydrogen) atoms. The van der Waals surface area contributed by atoms with Crippen LogP contribution in [-0.2, 0) is 0 Å². The molecule has 0 aromatic carbocycles. The Bertz CT molecular complexity index is 163. The van der Waals surface area contributed by atoms with E-state index in [2.05, 4.69) is 19.6 Å². The number of rotatable bonds is 1. The van der Waals surface area contributed by atoms with Crippen molar-refractivity contribution in [3.05, 3.63) is 23.8 Å². The lowest BCUT2D eigenvalue weighted by Crippen LogP contribution is -1.90. The highest BCUT2D eigenvalue weighted by Crippen LogP contribution is 2.21. The fourth-order valence-electron chi connectivity index (χ4n) is 1.58. The Morgan fingerprint density at radius 3 is 2.73 bits per heavy atom. The lowest BCUT2D eigenvalue weighted by atomic mass is 9.96. The molecule has 1 aliphatic rings. The first-order chi connectivity index (χ1) is 5.30. The highest BCUT2D eigenvalue weighted by Gasteiger charge is 2.01. The van der Waals surface area contributed by atoms with Crippen LogP contribution in [0.15, 0.2) is 23.8 Å². The van der Waals surface area contributed by atoms with Crippen molar-refractivity contribution < 1.29 is 0 Å². The summed E-state index contributed by atoms with van der Waals surface area (Å²) >= 11 is 0. The third-order valence-corrected chi connectivity index (χ3v) is 2.34. The van der Waals surface area contributed by atoms with Gasteiger partial charge < -0.3 is 0 Å². The van der Waals surface area contributed by atoms with E-state index in [1.54, 1.807) is 0 Å². The first-order valence-electron chi connectivity index (χ1n) is 4.65. The molecule has 1 aliphatic carbocycles. The standard InChI is InChI=1S/C11H18/c1-10(2)11-8-6-4-3-5-7-9-11/h8H,1,3-7,9H2,2H3/b11-8+. The molecule has 0 bridgehead atoms. The van der Waals surface area contributed by atoms with Gasteiger partial charge in [0.25, 0.3) is 0 Å². The van der Waals surface area contributed by atoms with Crippen LogP contribution in [0.25, 0.3) is 0 Å². The third-order valence-electron chi connectivity index (χ3n) is 2.34. The van der Waals surface area contributed by atoms with E-state index in [1.807, 2.05) is 0 Å². The third kappa shape index (κ3) is 2.92. The number of hydrogen-bond acceptors (Lipinski definition) is 0. The van der Waals surface area contributed by atoms with Gasteiger partial charge in [-0.3, -0.25) is 0 Å². The molecule has 0 aliphatic heterocycles. The summed E-state index contributed by atoms with van der Waals surface area (Å²) in [6, 6.07) is 0. The van der Waals surface area contributed by atoms with Crippen LogP contribution < -0.4 is 0 Å². The molecule has 1 rings (SSSR count). The Morgan fingerprint density at radius 2 is 2.00 bits per heavy atom. The van der Waals surface area contributed by atoms with Crippen molar-refractivity contribution in [2.24, 2.45) is 0 Å². The second-order valence-electron chi connectivity index (χ2n) is 3.46. The molecule has 0 saturated carbocycles. The van der Waals surface area contributed by atoms with Crippen LogP contribution >= 0.6 is 0 Å². The molecule has 0 amide bonds. The van der Waals surface area contributed by atoms with E-state index in [1.165, 1.54) is 49.7 Å². The van der Waals surface area contributed by atoms with Crippen molar-refractivity contribution in [1.82, 2.24) is 0 Å². The summed E-state index contributed by atoms with van der Waals surface area (Å²) in [5, 5.41) is 0. The van der Waals surface area contributed by atoms with Gasteiger partial charge in [-0.15, -0.1) is 0 Å². The van der Waals surface area contributed by atoms with Crippen LogP contribution in [-0.4, -0.2) is 0 Å². The quantitative estimate of drug-likeness (QED) is 0.532. The Labute approximate surface area is 70.0 Å². The molecule has 0 N–H and O–H groups in total. The van der Waals surface area contributed by atoms with E-state index < -0.39 is 0 Å². The highest BCUT2D eigenvalue weighted by molar-refractivity contribution is 5.26. The lowest BCUT2D eigenvalue weighted by Gasteiger charge is -2.10. The molecule has 0 radical (unpaired) electrons. The predicted octanol–water partition coefficient (Wildman–Crippen LogP) is 3.84. The van der Waals surface area contributed by atoms with E-state index in [0.717, 1.165) is 0 Å². The summed E-state index contributed by atoms with van der Waals surface area (Å²) < 4.78 is 0. The second-order valence-corrected chi connectivity index (χ2v) is 3.46. The van der Waals surface area contributed by atoms with Crippen molar-refractivity contribution in [1.29, 1.82) is 0 Å². The summed E-state index contributed by atoms with van der Waals surface area (Å²) in [5.74, 6) is 0. The van der Waals surface area contributed by atoms with E-state index in [0.29, 0.717) is 0 Å². The van der Waals surface area contributed by atoms with Crippen LogP contribution in [0.3, 0.4) is 0 Å². The molecular weight excluding hydrogens is 132 g/mol. The zero-order chi connectivity index (χ0) is 8.10. The Kier molecular flexibility index (Phi) is 3.41. The van der Waals surface area contributed by atoms with Gasteiger partial charge in [0.05, 0.1) is 0 Å². The van der Waals surface area contributed by atoms with Gasteiger partial charge in [-0.1, -0.05) is 31.1 Å². The maximum absolute atomic E-state index is 3.98. The van der Waals surface area contributed by atoms with Gasteiger partial charge in [0, 0.05) is 0 Å². The molecule has 62 valence electrons. The van der Waals surface area contributed by atoms with Crippen molar-refractivity contribution >= 4 is 0 Å². The minimum Gasteiger partial charge on any atom is -0.0958 e.